The van der Waals surface area contributed by atoms with Crippen LogP contribution in [0.15, 0.2) is 52.9 Å². The van der Waals surface area contributed by atoms with Gasteiger partial charge in [0.05, 0.1) is 12.4 Å². The smallest absolute Gasteiger partial charge is 0.234 e. The number of carbonyl (C=O) groups excluding carboxylic acids is 1. The van der Waals surface area contributed by atoms with Crippen LogP contribution in [0.2, 0.25) is 0 Å². The Hall–Kier alpha value is -2.58. The standard InChI is InChI=1S/C21H24N4O2S2/c1-4-27-18-11-9-16(10-12-18)22-19(26)13-28-21-25-24-20(29-21)23-17-7-5-15(6-8-17)14(2)3/h5-12,14H,4,13H2,1-3H3,(H,22,26)(H,23,24). The van der Waals surface area contributed by atoms with Crippen molar-refractivity contribution in [1.82, 2.24) is 10.2 Å². The molecule has 152 valence electrons. The molecular weight excluding hydrogens is 404 g/mol. The first kappa shape index (κ1) is 21.1. The Bertz CT molecular complexity index is 925. The average Bonchev–Trinajstić information content (AvgIpc) is 3.16. The molecule has 0 unspecified atom stereocenters. The van der Waals surface area contributed by atoms with E-state index in [1.54, 1.807) is 0 Å². The van der Waals surface area contributed by atoms with E-state index in [4.69, 9.17) is 4.74 Å². The number of carbonyl (C=O) groups is 1. The van der Waals surface area contributed by atoms with E-state index in [0.717, 1.165) is 21.5 Å². The van der Waals surface area contributed by atoms with Gasteiger partial charge in [0.15, 0.2) is 4.34 Å². The zero-order valence-electron chi connectivity index (χ0n) is 16.6. The molecule has 1 heterocycles. The SMILES string of the molecule is CCOc1ccc(NC(=O)CSc2nnc(Nc3ccc(C(C)C)cc3)s2)cc1. The second kappa shape index (κ2) is 10.3. The molecule has 0 bridgehead atoms. The average molecular weight is 429 g/mol. The van der Waals surface area contributed by atoms with Gasteiger partial charge in [-0.3, -0.25) is 4.79 Å². The molecule has 1 aromatic heterocycles. The van der Waals surface area contributed by atoms with E-state index in [1.807, 2.05) is 43.3 Å². The van der Waals surface area contributed by atoms with E-state index < -0.39 is 0 Å². The number of ether oxygens (including phenoxy) is 1. The lowest BCUT2D eigenvalue weighted by Gasteiger charge is -2.07. The fraction of sp³-hybridized carbons (Fsp3) is 0.286. The van der Waals surface area contributed by atoms with Crippen molar-refractivity contribution in [3.63, 3.8) is 0 Å². The summed E-state index contributed by atoms with van der Waals surface area (Å²) in [6.45, 7) is 6.89. The van der Waals surface area contributed by atoms with Gasteiger partial charge >= 0.3 is 0 Å². The Morgan fingerprint density at radius 1 is 1.07 bits per heavy atom. The molecule has 29 heavy (non-hydrogen) atoms. The summed E-state index contributed by atoms with van der Waals surface area (Å²) < 4.78 is 6.14. The molecule has 6 nitrogen and oxygen atoms in total. The maximum absolute atomic E-state index is 12.2. The molecule has 0 spiro atoms. The number of rotatable bonds is 9. The second-order valence-electron chi connectivity index (χ2n) is 6.57. The molecule has 0 aliphatic rings. The van der Waals surface area contributed by atoms with Crippen molar-refractivity contribution in [3.05, 3.63) is 54.1 Å². The molecule has 0 atom stereocenters. The molecular formula is C21H24N4O2S2. The highest BCUT2D eigenvalue weighted by molar-refractivity contribution is 8.01. The van der Waals surface area contributed by atoms with Gasteiger partial charge in [-0.2, -0.15) is 0 Å². The third kappa shape index (κ3) is 6.47. The number of nitrogens with zero attached hydrogens (tertiary/aromatic N) is 2. The summed E-state index contributed by atoms with van der Waals surface area (Å²) in [4.78, 5) is 12.2. The number of nitrogens with one attached hydrogen (secondary N) is 2. The molecule has 0 saturated heterocycles. The Morgan fingerprint density at radius 2 is 1.76 bits per heavy atom. The second-order valence-corrected chi connectivity index (χ2v) is 8.77. The predicted molar refractivity (Wildman–Crippen MR) is 121 cm³/mol. The van der Waals surface area contributed by atoms with Crippen molar-refractivity contribution in [3.8, 4) is 5.75 Å². The van der Waals surface area contributed by atoms with Crippen LogP contribution < -0.4 is 15.4 Å². The summed E-state index contributed by atoms with van der Waals surface area (Å²) in [6, 6.07) is 15.6. The highest BCUT2D eigenvalue weighted by Gasteiger charge is 2.09. The van der Waals surface area contributed by atoms with E-state index in [0.29, 0.717) is 17.7 Å². The first-order valence-electron chi connectivity index (χ1n) is 9.39. The maximum atomic E-state index is 12.2. The fourth-order valence-corrected chi connectivity index (χ4v) is 4.09. The molecule has 2 aromatic carbocycles. The molecule has 2 N–H and O–H groups in total. The van der Waals surface area contributed by atoms with Crippen molar-refractivity contribution in [2.45, 2.75) is 31.0 Å². The highest BCUT2D eigenvalue weighted by Crippen LogP contribution is 2.28. The lowest BCUT2D eigenvalue weighted by molar-refractivity contribution is -0.113. The van der Waals surface area contributed by atoms with Crippen LogP contribution in [0, 0.1) is 0 Å². The zero-order chi connectivity index (χ0) is 20.6. The van der Waals surface area contributed by atoms with E-state index in [-0.39, 0.29) is 11.7 Å². The van der Waals surface area contributed by atoms with Gasteiger partial charge < -0.3 is 15.4 Å². The van der Waals surface area contributed by atoms with E-state index >= 15 is 0 Å². The molecule has 0 aliphatic heterocycles. The van der Waals surface area contributed by atoms with Crippen molar-refractivity contribution in [2.75, 3.05) is 23.0 Å². The number of hydrogen-bond donors (Lipinski definition) is 2. The molecule has 1 amide bonds. The summed E-state index contributed by atoms with van der Waals surface area (Å²) in [6.07, 6.45) is 0. The summed E-state index contributed by atoms with van der Waals surface area (Å²) in [5, 5.41) is 15.1. The fourth-order valence-electron chi connectivity index (χ4n) is 2.52. The van der Waals surface area contributed by atoms with Gasteiger partial charge in [0.1, 0.15) is 5.75 Å². The third-order valence-corrected chi connectivity index (χ3v) is 5.98. The van der Waals surface area contributed by atoms with Crippen LogP contribution in [0.3, 0.4) is 0 Å². The first-order chi connectivity index (χ1) is 14.0. The van der Waals surface area contributed by atoms with Crippen LogP contribution >= 0.6 is 23.1 Å². The number of amides is 1. The van der Waals surface area contributed by atoms with Crippen LogP contribution in [0.5, 0.6) is 5.75 Å². The first-order valence-corrected chi connectivity index (χ1v) is 11.2. The van der Waals surface area contributed by atoms with E-state index in [2.05, 4.69) is 46.8 Å². The van der Waals surface area contributed by atoms with Gasteiger partial charge in [-0.1, -0.05) is 49.1 Å². The summed E-state index contributed by atoms with van der Waals surface area (Å²) in [5.41, 5.74) is 3.00. The number of aromatic nitrogens is 2. The van der Waals surface area contributed by atoms with Crippen molar-refractivity contribution >= 4 is 45.5 Å². The lowest BCUT2D eigenvalue weighted by Crippen LogP contribution is -2.13. The van der Waals surface area contributed by atoms with E-state index in [9.17, 15) is 4.79 Å². The van der Waals surface area contributed by atoms with Crippen LogP contribution in [0.25, 0.3) is 0 Å². The molecule has 3 aromatic rings. The van der Waals surface area contributed by atoms with E-state index in [1.165, 1.54) is 28.7 Å². The van der Waals surface area contributed by atoms with Crippen molar-refractivity contribution < 1.29 is 9.53 Å². The van der Waals surface area contributed by atoms with Gasteiger partial charge in [0, 0.05) is 11.4 Å². The van der Waals surface area contributed by atoms with Crippen LogP contribution in [-0.4, -0.2) is 28.5 Å². The highest BCUT2D eigenvalue weighted by atomic mass is 32.2. The van der Waals surface area contributed by atoms with Gasteiger partial charge in [0.2, 0.25) is 11.0 Å². The Labute approximate surface area is 179 Å². The van der Waals surface area contributed by atoms with Crippen LogP contribution in [0.1, 0.15) is 32.3 Å². The number of hydrogen-bond acceptors (Lipinski definition) is 7. The Morgan fingerprint density at radius 3 is 2.41 bits per heavy atom. The van der Waals surface area contributed by atoms with Crippen molar-refractivity contribution in [2.24, 2.45) is 0 Å². The van der Waals surface area contributed by atoms with Gasteiger partial charge in [-0.25, -0.2) is 0 Å². The van der Waals surface area contributed by atoms with Gasteiger partial charge in [0.25, 0.3) is 0 Å². The van der Waals surface area contributed by atoms with Gasteiger partial charge in [-0.15, -0.1) is 10.2 Å². The maximum Gasteiger partial charge on any atom is 0.234 e. The summed E-state index contributed by atoms with van der Waals surface area (Å²) in [7, 11) is 0. The Kier molecular flexibility index (Phi) is 7.48. The minimum Gasteiger partial charge on any atom is -0.494 e. The van der Waals surface area contributed by atoms with Crippen molar-refractivity contribution in [1.29, 1.82) is 0 Å². The molecule has 0 aliphatic carbocycles. The molecule has 3 rings (SSSR count). The largest absolute Gasteiger partial charge is 0.494 e. The predicted octanol–water partition coefficient (Wildman–Crippen LogP) is 5.53. The minimum absolute atomic E-state index is 0.0897. The normalized spacial score (nSPS) is 10.8. The van der Waals surface area contributed by atoms with Gasteiger partial charge in [-0.05, 0) is 54.8 Å². The zero-order valence-corrected chi connectivity index (χ0v) is 18.3. The number of benzene rings is 2. The molecule has 0 radical (unpaired) electrons. The molecule has 0 saturated carbocycles. The number of anilines is 3. The van der Waals surface area contributed by atoms with Crippen LogP contribution in [0.4, 0.5) is 16.5 Å². The molecule has 0 fully saturated rings. The quantitative estimate of drug-likeness (QED) is 0.436. The topological polar surface area (TPSA) is 76.1 Å². The third-order valence-electron chi connectivity index (χ3n) is 4.01. The lowest BCUT2D eigenvalue weighted by atomic mass is 10.0. The van der Waals surface area contributed by atoms with Crippen LogP contribution in [-0.2, 0) is 4.79 Å². The monoisotopic (exact) mass is 428 g/mol. The Balaban J connectivity index is 1.47. The molecule has 8 heteroatoms. The number of thioether (sulfide) groups is 1. The summed E-state index contributed by atoms with van der Waals surface area (Å²) in [5.74, 6) is 1.47. The minimum atomic E-state index is -0.0897. The summed E-state index contributed by atoms with van der Waals surface area (Å²) >= 11 is 2.79.